The van der Waals surface area contributed by atoms with E-state index in [0.717, 1.165) is 48.3 Å². The first-order valence-corrected chi connectivity index (χ1v) is 14.6. The molecule has 0 saturated carbocycles. The Morgan fingerprint density at radius 1 is 1.17 bits per heavy atom. The summed E-state index contributed by atoms with van der Waals surface area (Å²) in [6.45, 7) is 14.8. The molecule has 220 valence electrons. The summed E-state index contributed by atoms with van der Waals surface area (Å²) in [5, 5.41) is 12.6. The molecule has 2 amide bonds. The fourth-order valence-corrected chi connectivity index (χ4v) is 5.60. The van der Waals surface area contributed by atoms with E-state index in [1.54, 1.807) is 18.3 Å². The quantitative estimate of drug-likeness (QED) is 0.339. The van der Waals surface area contributed by atoms with Crippen molar-refractivity contribution in [2.45, 2.75) is 66.0 Å². The van der Waals surface area contributed by atoms with Crippen LogP contribution in [-0.2, 0) is 5.41 Å². The minimum atomic E-state index is -0.389. The number of aryl methyl sites for hydroxylation is 1. The van der Waals surface area contributed by atoms with E-state index in [-0.39, 0.29) is 34.7 Å². The van der Waals surface area contributed by atoms with Crippen molar-refractivity contribution >= 4 is 17.5 Å². The number of methoxy groups -OCH3 is 1. The Morgan fingerprint density at radius 3 is 2.48 bits per heavy atom. The molecule has 2 heterocycles. The highest BCUT2D eigenvalue weighted by Gasteiger charge is 2.31. The molecule has 3 aromatic rings. The zero-order valence-electron chi connectivity index (χ0n) is 25.7. The van der Waals surface area contributed by atoms with Gasteiger partial charge in [0.2, 0.25) is 0 Å². The molecule has 2 aromatic carbocycles. The van der Waals surface area contributed by atoms with E-state index < -0.39 is 0 Å². The summed E-state index contributed by atoms with van der Waals surface area (Å²) in [6.07, 6.45) is 3.86. The summed E-state index contributed by atoms with van der Waals surface area (Å²) >= 11 is 0. The Labute approximate surface area is 249 Å². The number of nitrogens with one attached hydrogen (secondary N) is 1. The third-order valence-electron chi connectivity index (χ3n) is 8.01. The Balaban J connectivity index is 1.59. The van der Waals surface area contributed by atoms with Gasteiger partial charge < -0.3 is 15.0 Å². The summed E-state index contributed by atoms with van der Waals surface area (Å²) in [7, 11) is 1.46. The molecular formula is C34H41N5O3. The minimum absolute atomic E-state index is 0.0356. The number of nitriles is 1. The first-order valence-electron chi connectivity index (χ1n) is 14.6. The molecule has 1 saturated heterocycles. The maximum Gasteiger partial charge on any atom is 0.259 e. The van der Waals surface area contributed by atoms with Gasteiger partial charge in [0.05, 0.1) is 36.3 Å². The number of carbonyl (C=O) groups is 2. The monoisotopic (exact) mass is 567 g/mol. The third-order valence-corrected chi connectivity index (χ3v) is 8.01. The van der Waals surface area contributed by atoms with Crippen molar-refractivity contribution in [3.8, 4) is 22.9 Å². The van der Waals surface area contributed by atoms with Crippen LogP contribution in [-0.4, -0.2) is 59.5 Å². The van der Waals surface area contributed by atoms with Crippen molar-refractivity contribution in [1.29, 1.82) is 5.26 Å². The van der Waals surface area contributed by atoms with E-state index in [9.17, 15) is 14.9 Å². The smallest absolute Gasteiger partial charge is 0.259 e. The van der Waals surface area contributed by atoms with E-state index in [2.05, 4.69) is 28.2 Å². The molecule has 1 aromatic heterocycles. The molecule has 8 nitrogen and oxygen atoms in total. The van der Waals surface area contributed by atoms with Gasteiger partial charge in [-0.3, -0.25) is 19.5 Å². The van der Waals surface area contributed by atoms with Gasteiger partial charge in [0.15, 0.2) is 0 Å². The van der Waals surface area contributed by atoms with E-state index in [4.69, 9.17) is 4.74 Å². The lowest BCUT2D eigenvalue weighted by Gasteiger charge is -2.34. The van der Waals surface area contributed by atoms with Gasteiger partial charge in [0, 0.05) is 29.9 Å². The maximum absolute atomic E-state index is 13.5. The first-order chi connectivity index (χ1) is 20.0. The third kappa shape index (κ3) is 6.32. The van der Waals surface area contributed by atoms with Gasteiger partial charge in [-0.2, -0.15) is 5.26 Å². The Bertz CT molecular complexity index is 1500. The van der Waals surface area contributed by atoms with Crippen LogP contribution in [0.5, 0.6) is 5.75 Å². The Morgan fingerprint density at radius 2 is 1.88 bits per heavy atom. The minimum Gasteiger partial charge on any atom is -0.495 e. The van der Waals surface area contributed by atoms with Crippen molar-refractivity contribution in [3.05, 3.63) is 76.6 Å². The van der Waals surface area contributed by atoms with Crippen LogP contribution < -0.4 is 10.1 Å². The lowest BCUT2D eigenvalue weighted by molar-refractivity contribution is 0.0476. The van der Waals surface area contributed by atoms with Gasteiger partial charge >= 0.3 is 0 Å². The van der Waals surface area contributed by atoms with Crippen LogP contribution in [0.2, 0.25) is 0 Å². The lowest BCUT2D eigenvalue weighted by atomic mass is 9.84. The Kier molecular flexibility index (Phi) is 9.33. The molecule has 0 spiro atoms. The van der Waals surface area contributed by atoms with Crippen molar-refractivity contribution in [1.82, 2.24) is 14.8 Å². The average Bonchev–Trinajstić information content (AvgIpc) is 3.45. The Hall–Kier alpha value is -4.22. The summed E-state index contributed by atoms with van der Waals surface area (Å²) < 4.78 is 5.47. The topological polar surface area (TPSA) is 98.6 Å². The van der Waals surface area contributed by atoms with Gasteiger partial charge in [-0.1, -0.05) is 39.8 Å². The van der Waals surface area contributed by atoms with Crippen molar-refractivity contribution < 1.29 is 14.3 Å². The number of anilines is 1. The SMILES string of the molecule is CCN1CCC[C@H]1N(CC)C(=O)c1ccc(-c2cc(NC(=O)c3cc(C(C)(C)C)cc(C#N)c3OC)cnc2C)cc1. The van der Waals surface area contributed by atoms with Crippen LogP contribution in [0.25, 0.3) is 11.1 Å². The molecule has 1 N–H and O–H groups in total. The number of hydrogen-bond acceptors (Lipinski definition) is 6. The molecule has 1 atom stereocenters. The first kappa shape index (κ1) is 30.7. The summed E-state index contributed by atoms with van der Waals surface area (Å²) in [4.78, 5) is 35.8. The molecule has 8 heteroatoms. The summed E-state index contributed by atoms with van der Waals surface area (Å²) in [5.41, 5.74) is 4.90. The standard InChI is InChI=1S/C34H41N5O3/c1-8-38-16-10-11-30(38)39(9-2)33(41)24-14-12-23(13-15-24)28-19-27(21-36-22(28)3)37-32(40)29-18-26(34(4,5)6)17-25(20-35)31(29)42-7/h12-15,17-19,21,30H,8-11,16H2,1-7H3,(H,37,40)/t30-/m1/s1. The molecule has 1 aliphatic heterocycles. The molecule has 42 heavy (non-hydrogen) atoms. The zero-order chi connectivity index (χ0) is 30.6. The number of carbonyl (C=O) groups excluding carboxylic acids is 2. The predicted molar refractivity (Wildman–Crippen MR) is 166 cm³/mol. The van der Waals surface area contributed by atoms with Crippen molar-refractivity contribution in [2.24, 2.45) is 0 Å². The van der Waals surface area contributed by atoms with Crippen LogP contribution in [0.3, 0.4) is 0 Å². The van der Waals surface area contributed by atoms with E-state index in [0.29, 0.717) is 23.4 Å². The average molecular weight is 568 g/mol. The number of likely N-dealkylation sites (tertiary alicyclic amines) is 1. The fourth-order valence-electron chi connectivity index (χ4n) is 5.60. The van der Waals surface area contributed by atoms with Crippen LogP contribution in [0.4, 0.5) is 5.69 Å². The number of ether oxygens (including phenoxy) is 1. The number of aromatic nitrogens is 1. The van der Waals surface area contributed by atoms with Gasteiger partial charge in [-0.15, -0.1) is 0 Å². The van der Waals surface area contributed by atoms with E-state index in [1.165, 1.54) is 7.11 Å². The predicted octanol–water partition coefficient (Wildman–Crippen LogP) is 6.39. The maximum atomic E-state index is 13.5. The van der Waals surface area contributed by atoms with Gasteiger partial charge in [-0.05, 0) is 80.1 Å². The second-order valence-corrected chi connectivity index (χ2v) is 11.7. The van der Waals surface area contributed by atoms with E-state index in [1.807, 2.05) is 69.9 Å². The lowest BCUT2D eigenvalue weighted by Crippen LogP contribution is -2.47. The molecular weight excluding hydrogens is 526 g/mol. The number of hydrogen-bond donors (Lipinski definition) is 1. The summed E-state index contributed by atoms with van der Waals surface area (Å²) in [6, 6.07) is 15.2. The fraction of sp³-hybridized carbons (Fsp3) is 0.412. The van der Waals surface area contributed by atoms with Crippen LogP contribution >= 0.6 is 0 Å². The molecule has 1 aliphatic rings. The number of amides is 2. The highest BCUT2D eigenvalue weighted by atomic mass is 16.5. The van der Waals surface area contributed by atoms with Gasteiger partial charge in [0.1, 0.15) is 11.8 Å². The highest BCUT2D eigenvalue weighted by Crippen LogP contribution is 2.33. The number of nitrogens with zero attached hydrogens (tertiary/aromatic N) is 4. The molecule has 0 unspecified atom stereocenters. The van der Waals surface area contributed by atoms with E-state index >= 15 is 0 Å². The van der Waals surface area contributed by atoms with Crippen LogP contribution in [0, 0.1) is 18.3 Å². The molecule has 0 aliphatic carbocycles. The second-order valence-electron chi connectivity index (χ2n) is 11.7. The summed E-state index contributed by atoms with van der Waals surface area (Å²) in [5.74, 6) is -0.113. The van der Waals surface area contributed by atoms with Crippen LogP contribution in [0.1, 0.15) is 85.0 Å². The number of pyridine rings is 1. The number of rotatable bonds is 8. The largest absolute Gasteiger partial charge is 0.495 e. The second kappa shape index (κ2) is 12.7. The van der Waals surface area contributed by atoms with Gasteiger partial charge in [0.25, 0.3) is 11.8 Å². The molecule has 4 rings (SSSR count). The normalized spacial score (nSPS) is 15.2. The van der Waals surface area contributed by atoms with Crippen molar-refractivity contribution in [2.75, 3.05) is 32.1 Å². The number of benzene rings is 2. The molecule has 0 bridgehead atoms. The highest BCUT2D eigenvalue weighted by molar-refractivity contribution is 6.07. The molecule has 1 fully saturated rings. The van der Waals surface area contributed by atoms with Crippen molar-refractivity contribution in [3.63, 3.8) is 0 Å². The van der Waals surface area contributed by atoms with Gasteiger partial charge in [-0.25, -0.2) is 0 Å². The molecule has 0 radical (unpaired) electrons. The van der Waals surface area contributed by atoms with Crippen LogP contribution in [0.15, 0.2) is 48.7 Å². The zero-order valence-corrected chi connectivity index (χ0v) is 25.7.